The molecule has 5 heteroatoms. The summed E-state index contributed by atoms with van der Waals surface area (Å²) in [6.45, 7) is 2.87. The van der Waals surface area contributed by atoms with Crippen LogP contribution >= 0.6 is 23.1 Å². The number of unbranched alkanes of at least 4 members (excludes halogenated alkanes) is 1. The first-order valence-electron chi connectivity index (χ1n) is 9.39. The van der Waals surface area contributed by atoms with Crippen LogP contribution in [0.5, 0.6) is 5.75 Å². The van der Waals surface area contributed by atoms with Crippen molar-refractivity contribution < 1.29 is 4.74 Å². The molecule has 1 aromatic carbocycles. The van der Waals surface area contributed by atoms with E-state index in [-0.39, 0.29) is 0 Å². The maximum absolute atomic E-state index is 5.81. The Morgan fingerprint density at radius 3 is 2.81 bits per heavy atom. The molecule has 0 spiro atoms. The van der Waals surface area contributed by atoms with Gasteiger partial charge in [-0.2, -0.15) is 0 Å². The van der Waals surface area contributed by atoms with Gasteiger partial charge in [0.1, 0.15) is 21.9 Å². The van der Waals surface area contributed by atoms with E-state index >= 15 is 0 Å². The highest BCUT2D eigenvalue weighted by Crippen LogP contribution is 2.39. The number of rotatable bonds is 7. The summed E-state index contributed by atoms with van der Waals surface area (Å²) in [7, 11) is 0. The minimum Gasteiger partial charge on any atom is -0.494 e. The molecule has 2 heterocycles. The lowest BCUT2D eigenvalue weighted by molar-refractivity contribution is 0.310. The van der Waals surface area contributed by atoms with Gasteiger partial charge in [-0.3, -0.25) is 0 Å². The average molecular weight is 385 g/mol. The fourth-order valence-electron chi connectivity index (χ4n) is 3.37. The van der Waals surface area contributed by atoms with E-state index in [1.165, 1.54) is 52.1 Å². The van der Waals surface area contributed by atoms with E-state index in [0.717, 1.165) is 31.0 Å². The summed E-state index contributed by atoms with van der Waals surface area (Å²) >= 11 is 3.75. The van der Waals surface area contributed by atoms with Crippen LogP contribution in [0.2, 0.25) is 0 Å². The summed E-state index contributed by atoms with van der Waals surface area (Å²) in [5, 5.41) is 2.52. The molecule has 1 aliphatic carbocycles. The first-order valence-corrected chi connectivity index (χ1v) is 11.2. The van der Waals surface area contributed by atoms with Crippen molar-refractivity contribution in [2.24, 2.45) is 0 Å². The Morgan fingerprint density at radius 2 is 1.92 bits per heavy atom. The van der Waals surface area contributed by atoms with E-state index in [4.69, 9.17) is 4.74 Å². The van der Waals surface area contributed by atoms with Gasteiger partial charge >= 0.3 is 0 Å². The van der Waals surface area contributed by atoms with Gasteiger partial charge < -0.3 is 4.74 Å². The summed E-state index contributed by atoms with van der Waals surface area (Å²) in [4.78, 5) is 11.8. The van der Waals surface area contributed by atoms with Crippen LogP contribution in [0.1, 0.15) is 41.7 Å². The third kappa shape index (κ3) is 4.04. The standard InChI is InChI=1S/C21H24N2OS2/c1-15-8-10-16(11-9-15)24-12-4-5-13-25-20-19-17-6-2-3-7-18(17)26-21(19)23-14-22-20/h8-11,14H,2-7,12-13H2,1H3. The van der Waals surface area contributed by atoms with Crippen LogP contribution in [0.15, 0.2) is 35.6 Å². The van der Waals surface area contributed by atoms with Gasteiger partial charge in [-0.25, -0.2) is 9.97 Å². The summed E-state index contributed by atoms with van der Waals surface area (Å²) < 4.78 is 5.81. The predicted molar refractivity (Wildman–Crippen MR) is 111 cm³/mol. The maximum atomic E-state index is 5.81. The van der Waals surface area contributed by atoms with Crippen molar-refractivity contribution >= 4 is 33.3 Å². The van der Waals surface area contributed by atoms with Gasteiger partial charge in [0.05, 0.1) is 6.61 Å². The highest BCUT2D eigenvalue weighted by atomic mass is 32.2. The number of thioether (sulfide) groups is 1. The number of benzene rings is 1. The maximum Gasteiger partial charge on any atom is 0.128 e. The predicted octanol–water partition coefficient (Wildman–Crippen LogP) is 5.83. The molecule has 0 unspecified atom stereocenters. The Labute approximate surface area is 163 Å². The molecular formula is C21H24N2OS2. The van der Waals surface area contributed by atoms with E-state index in [1.54, 1.807) is 11.2 Å². The van der Waals surface area contributed by atoms with Crippen LogP contribution in [0.25, 0.3) is 10.2 Å². The Balaban J connectivity index is 1.29. The summed E-state index contributed by atoms with van der Waals surface area (Å²) in [6, 6.07) is 8.27. The number of ether oxygens (including phenoxy) is 1. The molecule has 0 N–H and O–H groups in total. The number of fused-ring (bicyclic) bond motifs is 3. The van der Waals surface area contributed by atoms with Crippen LogP contribution in [0, 0.1) is 6.92 Å². The van der Waals surface area contributed by atoms with E-state index in [2.05, 4.69) is 29.0 Å². The molecule has 136 valence electrons. The van der Waals surface area contributed by atoms with Gasteiger partial charge in [-0.1, -0.05) is 17.7 Å². The third-order valence-electron chi connectivity index (χ3n) is 4.78. The topological polar surface area (TPSA) is 35.0 Å². The van der Waals surface area contributed by atoms with E-state index in [1.807, 2.05) is 35.2 Å². The molecule has 0 aliphatic heterocycles. The number of thiophene rings is 1. The van der Waals surface area contributed by atoms with Gasteiger partial charge in [-0.15, -0.1) is 23.1 Å². The molecular weight excluding hydrogens is 360 g/mol. The van der Waals surface area contributed by atoms with Gasteiger partial charge in [0.15, 0.2) is 0 Å². The van der Waals surface area contributed by atoms with Crippen LogP contribution in [0.4, 0.5) is 0 Å². The zero-order chi connectivity index (χ0) is 17.8. The SMILES string of the molecule is Cc1ccc(OCCCCSc2ncnc3sc4c(c23)CCCC4)cc1. The molecule has 0 saturated heterocycles. The number of aromatic nitrogens is 2. The molecule has 0 fully saturated rings. The number of hydrogen-bond donors (Lipinski definition) is 0. The lowest BCUT2D eigenvalue weighted by Crippen LogP contribution is -1.99. The Hall–Kier alpha value is -1.59. The van der Waals surface area contributed by atoms with E-state index < -0.39 is 0 Å². The van der Waals surface area contributed by atoms with Gasteiger partial charge in [0.2, 0.25) is 0 Å². The van der Waals surface area contributed by atoms with Crippen molar-refractivity contribution in [3.63, 3.8) is 0 Å². The largest absolute Gasteiger partial charge is 0.494 e. The monoisotopic (exact) mass is 384 g/mol. The van der Waals surface area contributed by atoms with Gasteiger partial charge in [0, 0.05) is 10.3 Å². The third-order valence-corrected chi connectivity index (χ3v) is 7.06. The fourth-order valence-corrected chi connectivity index (χ4v) is 5.69. The normalized spacial score (nSPS) is 13.7. The minimum atomic E-state index is 0.774. The molecule has 0 radical (unpaired) electrons. The van der Waals surface area contributed by atoms with Crippen molar-refractivity contribution in [3.05, 3.63) is 46.6 Å². The van der Waals surface area contributed by atoms with Crippen LogP contribution in [-0.2, 0) is 12.8 Å². The van der Waals surface area contributed by atoms with E-state index in [0.29, 0.717) is 0 Å². The highest BCUT2D eigenvalue weighted by molar-refractivity contribution is 7.99. The van der Waals surface area contributed by atoms with Crippen molar-refractivity contribution in [1.82, 2.24) is 9.97 Å². The zero-order valence-electron chi connectivity index (χ0n) is 15.2. The van der Waals surface area contributed by atoms with Crippen LogP contribution in [-0.4, -0.2) is 22.3 Å². The van der Waals surface area contributed by atoms with Crippen molar-refractivity contribution in [1.29, 1.82) is 0 Å². The van der Waals surface area contributed by atoms with E-state index in [9.17, 15) is 0 Å². The summed E-state index contributed by atoms with van der Waals surface area (Å²) in [5.74, 6) is 2.04. The first kappa shape index (κ1) is 17.8. The van der Waals surface area contributed by atoms with Crippen molar-refractivity contribution in [2.75, 3.05) is 12.4 Å². The molecule has 0 atom stereocenters. The molecule has 3 aromatic rings. The smallest absolute Gasteiger partial charge is 0.128 e. The molecule has 0 amide bonds. The van der Waals surface area contributed by atoms with Gasteiger partial charge in [0.25, 0.3) is 0 Å². The lowest BCUT2D eigenvalue weighted by Gasteiger charge is -2.11. The second kappa shape index (κ2) is 8.40. The zero-order valence-corrected chi connectivity index (χ0v) is 16.8. The molecule has 0 saturated carbocycles. The lowest BCUT2D eigenvalue weighted by atomic mass is 9.97. The number of nitrogens with zero attached hydrogens (tertiary/aromatic N) is 2. The molecule has 3 nitrogen and oxygen atoms in total. The van der Waals surface area contributed by atoms with Crippen LogP contribution in [0.3, 0.4) is 0 Å². The second-order valence-electron chi connectivity index (χ2n) is 6.79. The molecule has 1 aliphatic rings. The number of aryl methyl sites for hydroxylation is 3. The quantitative estimate of drug-likeness (QED) is 0.292. The fraction of sp³-hybridized carbons (Fsp3) is 0.429. The molecule has 26 heavy (non-hydrogen) atoms. The summed E-state index contributed by atoms with van der Waals surface area (Å²) in [6.07, 6.45) is 8.96. The highest BCUT2D eigenvalue weighted by Gasteiger charge is 2.19. The number of hydrogen-bond acceptors (Lipinski definition) is 5. The van der Waals surface area contributed by atoms with Crippen LogP contribution < -0.4 is 4.74 Å². The van der Waals surface area contributed by atoms with Crippen molar-refractivity contribution in [3.8, 4) is 5.75 Å². The first-order chi connectivity index (χ1) is 12.8. The molecule has 0 bridgehead atoms. The Bertz CT molecular complexity index is 874. The van der Waals surface area contributed by atoms with Gasteiger partial charge in [-0.05, 0) is 68.9 Å². The Morgan fingerprint density at radius 1 is 1.08 bits per heavy atom. The summed E-state index contributed by atoms with van der Waals surface area (Å²) in [5.41, 5.74) is 2.79. The minimum absolute atomic E-state index is 0.774. The average Bonchev–Trinajstić information content (AvgIpc) is 3.05. The second-order valence-corrected chi connectivity index (χ2v) is 8.95. The van der Waals surface area contributed by atoms with Crippen molar-refractivity contribution in [2.45, 2.75) is 50.5 Å². The molecule has 2 aromatic heterocycles. The molecule has 4 rings (SSSR count). The Kier molecular flexibility index (Phi) is 5.75.